The molecule has 2 saturated heterocycles. The normalized spacial score (nSPS) is 35.6. The zero-order valence-electron chi connectivity index (χ0n) is 17.1. The van der Waals surface area contributed by atoms with Gasteiger partial charge in [0.15, 0.2) is 0 Å². The van der Waals surface area contributed by atoms with Gasteiger partial charge < -0.3 is 19.9 Å². The first kappa shape index (κ1) is 17.6. The highest BCUT2D eigenvalue weighted by Gasteiger charge is 2.77. The van der Waals surface area contributed by atoms with Gasteiger partial charge in [0.2, 0.25) is 0 Å². The summed E-state index contributed by atoms with van der Waals surface area (Å²) in [6.07, 6.45) is 7.72. The molecule has 2 aliphatic carbocycles. The quantitative estimate of drug-likeness (QED) is 0.793. The molecule has 1 aromatic carbocycles. The van der Waals surface area contributed by atoms with E-state index >= 15 is 0 Å². The van der Waals surface area contributed by atoms with Gasteiger partial charge >= 0.3 is 0 Å². The van der Waals surface area contributed by atoms with Crippen LogP contribution < -0.4 is 5.73 Å². The number of benzene rings is 1. The molecule has 1 aromatic rings. The topological polar surface area (TPSA) is 66.1 Å². The van der Waals surface area contributed by atoms with E-state index in [4.69, 9.17) is 24.9 Å². The van der Waals surface area contributed by atoms with Gasteiger partial charge in [0.25, 0.3) is 6.02 Å². The minimum atomic E-state index is -0.428. The van der Waals surface area contributed by atoms with E-state index in [-0.39, 0.29) is 22.9 Å². The summed E-state index contributed by atoms with van der Waals surface area (Å²) >= 11 is 0. The Balaban J connectivity index is 1.52. The van der Waals surface area contributed by atoms with Gasteiger partial charge in [0.1, 0.15) is 23.5 Å². The number of allylic oxidation sites excluding steroid dienone is 3. The number of fused-ring (bicyclic) bond motifs is 4. The summed E-state index contributed by atoms with van der Waals surface area (Å²) in [6, 6.07) is 9.04. The SMILES string of the molecule is Cc1cccc(C2=CC=C3OC4(CCC4)C4(COC4)C4(COC(N)=N4)C3C2C)c1. The van der Waals surface area contributed by atoms with Crippen molar-refractivity contribution in [3.8, 4) is 0 Å². The number of amidine groups is 1. The van der Waals surface area contributed by atoms with Gasteiger partial charge in [0.05, 0.1) is 24.5 Å². The van der Waals surface area contributed by atoms with Crippen LogP contribution in [-0.2, 0) is 14.2 Å². The smallest absolute Gasteiger partial charge is 0.282 e. The Labute approximate surface area is 171 Å². The van der Waals surface area contributed by atoms with Gasteiger partial charge in [-0.25, -0.2) is 4.99 Å². The summed E-state index contributed by atoms with van der Waals surface area (Å²) < 4.78 is 18.5. The predicted molar refractivity (Wildman–Crippen MR) is 111 cm³/mol. The number of hydrogen-bond donors (Lipinski definition) is 1. The molecular formula is C24H28N2O3. The molecule has 0 amide bonds. The largest absolute Gasteiger partial charge is 0.490 e. The zero-order valence-corrected chi connectivity index (χ0v) is 17.1. The Kier molecular flexibility index (Phi) is 3.43. The van der Waals surface area contributed by atoms with Crippen molar-refractivity contribution >= 4 is 11.6 Å². The molecule has 0 aromatic heterocycles. The first-order chi connectivity index (χ1) is 14.0. The fourth-order valence-corrected chi connectivity index (χ4v) is 6.55. The van der Waals surface area contributed by atoms with Crippen LogP contribution in [0.2, 0.25) is 0 Å². The van der Waals surface area contributed by atoms with Crippen molar-refractivity contribution in [2.75, 3.05) is 19.8 Å². The van der Waals surface area contributed by atoms with Gasteiger partial charge in [-0.1, -0.05) is 42.8 Å². The lowest BCUT2D eigenvalue weighted by Crippen LogP contribution is -2.79. The number of aryl methyl sites for hydroxylation is 1. The third-order valence-electron chi connectivity index (χ3n) is 8.21. The molecule has 152 valence electrons. The molecule has 29 heavy (non-hydrogen) atoms. The van der Waals surface area contributed by atoms with Gasteiger partial charge in [-0.15, -0.1) is 0 Å². The standard InChI is InChI=1S/C24H28N2O3/c1-15-5-3-6-17(11-15)18-7-8-19-20(16(18)2)24(14-28-21(25)26-24)22(12-27-13-22)23(29-19)9-4-10-23/h3,5-8,11,16,20H,4,9-10,12-14H2,1-2H3,(H2,25,26). The molecule has 3 atom stereocenters. The van der Waals surface area contributed by atoms with E-state index in [9.17, 15) is 0 Å². The van der Waals surface area contributed by atoms with Crippen LogP contribution in [-0.4, -0.2) is 37.0 Å². The van der Waals surface area contributed by atoms with Crippen molar-refractivity contribution in [3.63, 3.8) is 0 Å². The molecule has 3 aliphatic heterocycles. The van der Waals surface area contributed by atoms with Crippen LogP contribution >= 0.6 is 0 Å². The molecule has 3 heterocycles. The Morgan fingerprint density at radius 1 is 1.14 bits per heavy atom. The predicted octanol–water partition coefficient (Wildman–Crippen LogP) is 3.58. The lowest BCUT2D eigenvalue weighted by molar-refractivity contribution is -0.318. The average Bonchev–Trinajstić information content (AvgIpc) is 3.00. The van der Waals surface area contributed by atoms with Crippen LogP contribution in [0.1, 0.15) is 37.3 Å². The van der Waals surface area contributed by atoms with Crippen LogP contribution in [0.5, 0.6) is 0 Å². The molecular weight excluding hydrogens is 364 g/mol. The molecule has 3 unspecified atom stereocenters. The van der Waals surface area contributed by atoms with E-state index in [0.29, 0.717) is 25.8 Å². The van der Waals surface area contributed by atoms with Crippen LogP contribution in [0.3, 0.4) is 0 Å². The highest BCUT2D eigenvalue weighted by atomic mass is 16.5. The summed E-state index contributed by atoms with van der Waals surface area (Å²) in [5.41, 5.74) is 9.21. The van der Waals surface area contributed by atoms with Crippen molar-refractivity contribution < 1.29 is 14.2 Å². The molecule has 5 aliphatic rings. The number of hydrogen-bond acceptors (Lipinski definition) is 5. The Morgan fingerprint density at radius 2 is 1.97 bits per heavy atom. The van der Waals surface area contributed by atoms with Crippen LogP contribution in [0.15, 0.2) is 47.2 Å². The lowest BCUT2D eigenvalue weighted by atomic mass is 9.45. The van der Waals surface area contributed by atoms with Crippen molar-refractivity contribution in [3.05, 3.63) is 53.3 Å². The molecule has 5 heteroatoms. The second-order valence-electron chi connectivity index (χ2n) is 9.51. The Hall–Kier alpha value is -2.27. The fraction of sp³-hybridized carbons (Fsp3) is 0.542. The van der Waals surface area contributed by atoms with Crippen molar-refractivity contribution in [2.24, 2.45) is 28.0 Å². The minimum absolute atomic E-state index is 0.0965. The maximum Gasteiger partial charge on any atom is 0.282 e. The van der Waals surface area contributed by atoms with E-state index in [1.54, 1.807) is 0 Å². The fourth-order valence-electron chi connectivity index (χ4n) is 6.55. The molecule has 5 nitrogen and oxygen atoms in total. The molecule has 3 fully saturated rings. The summed E-state index contributed by atoms with van der Waals surface area (Å²) in [4.78, 5) is 5.06. The lowest BCUT2D eigenvalue weighted by Gasteiger charge is -2.69. The van der Waals surface area contributed by atoms with Crippen LogP contribution in [0.25, 0.3) is 5.57 Å². The zero-order chi connectivity index (χ0) is 19.9. The van der Waals surface area contributed by atoms with E-state index in [0.717, 1.165) is 18.6 Å². The summed E-state index contributed by atoms with van der Waals surface area (Å²) in [6.45, 7) is 6.30. The minimum Gasteiger partial charge on any atom is -0.490 e. The number of nitrogens with zero attached hydrogens (tertiary/aromatic N) is 1. The Morgan fingerprint density at radius 3 is 2.55 bits per heavy atom. The molecule has 1 saturated carbocycles. The van der Waals surface area contributed by atoms with Crippen molar-refractivity contribution in [1.29, 1.82) is 0 Å². The second-order valence-corrected chi connectivity index (χ2v) is 9.51. The van der Waals surface area contributed by atoms with E-state index in [1.165, 1.54) is 23.1 Å². The molecule has 3 spiro atoms. The summed E-state index contributed by atoms with van der Waals surface area (Å²) in [5, 5.41) is 0. The van der Waals surface area contributed by atoms with Crippen LogP contribution in [0, 0.1) is 24.2 Å². The van der Waals surface area contributed by atoms with Gasteiger partial charge in [0, 0.05) is 0 Å². The second kappa shape index (κ2) is 5.66. The summed E-state index contributed by atoms with van der Waals surface area (Å²) in [5.74, 6) is 1.39. The molecule has 0 radical (unpaired) electrons. The number of nitrogens with two attached hydrogens (primary N) is 1. The number of aliphatic imine (C=N–C) groups is 1. The van der Waals surface area contributed by atoms with E-state index < -0.39 is 5.54 Å². The number of ether oxygens (including phenoxy) is 3. The average molecular weight is 392 g/mol. The molecule has 6 rings (SSSR count). The van der Waals surface area contributed by atoms with Gasteiger partial charge in [-0.2, -0.15) is 0 Å². The molecule has 2 N–H and O–H groups in total. The Bertz CT molecular complexity index is 970. The van der Waals surface area contributed by atoms with Crippen molar-refractivity contribution in [2.45, 2.75) is 44.2 Å². The molecule has 0 bridgehead atoms. The third kappa shape index (κ3) is 2.02. The highest BCUT2D eigenvalue weighted by molar-refractivity contribution is 5.76. The maximum absolute atomic E-state index is 6.84. The summed E-state index contributed by atoms with van der Waals surface area (Å²) in [7, 11) is 0. The maximum atomic E-state index is 6.84. The highest BCUT2D eigenvalue weighted by Crippen LogP contribution is 2.68. The van der Waals surface area contributed by atoms with Crippen molar-refractivity contribution in [1.82, 2.24) is 0 Å². The first-order valence-electron chi connectivity index (χ1n) is 10.7. The number of rotatable bonds is 1. The van der Waals surface area contributed by atoms with Gasteiger partial charge in [-0.3, -0.25) is 0 Å². The first-order valence-corrected chi connectivity index (χ1v) is 10.7. The monoisotopic (exact) mass is 392 g/mol. The van der Waals surface area contributed by atoms with E-state index in [1.807, 2.05) is 0 Å². The third-order valence-corrected chi connectivity index (χ3v) is 8.21. The van der Waals surface area contributed by atoms with E-state index in [2.05, 4.69) is 50.3 Å². The van der Waals surface area contributed by atoms with Crippen LogP contribution in [0.4, 0.5) is 0 Å². The van der Waals surface area contributed by atoms with Gasteiger partial charge in [-0.05, 0) is 49.3 Å².